The zero-order chi connectivity index (χ0) is 10.6. The SMILES string of the molecule is CCC(C)CSc1cc(Cl)nnc1Cl. The molecule has 0 radical (unpaired) electrons. The predicted octanol–water partition coefficient (Wildman–Crippen LogP) is 3.92. The van der Waals surface area contributed by atoms with Gasteiger partial charge >= 0.3 is 0 Å². The summed E-state index contributed by atoms with van der Waals surface area (Å²) in [6.07, 6.45) is 1.16. The number of hydrogen-bond donors (Lipinski definition) is 0. The van der Waals surface area contributed by atoms with E-state index in [-0.39, 0.29) is 0 Å². The topological polar surface area (TPSA) is 25.8 Å². The lowest BCUT2D eigenvalue weighted by Gasteiger charge is -2.07. The Morgan fingerprint density at radius 1 is 1.43 bits per heavy atom. The second-order valence-electron chi connectivity index (χ2n) is 3.15. The average molecular weight is 251 g/mol. The highest BCUT2D eigenvalue weighted by atomic mass is 35.5. The molecule has 0 N–H and O–H groups in total. The van der Waals surface area contributed by atoms with E-state index in [0.29, 0.717) is 16.2 Å². The molecule has 0 aromatic carbocycles. The van der Waals surface area contributed by atoms with Gasteiger partial charge in [0.25, 0.3) is 0 Å². The quantitative estimate of drug-likeness (QED) is 0.758. The van der Waals surface area contributed by atoms with E-state index in [1.165, 1.54) is 0 Å². The molecule has 1 atom stereocenters. The second kappa shape index (κ2) is 5.79. The Morgan fingerprint density at radius 2 is 2.14 bits per heavy atom. The second-order valence-corrected chi connectivity index (χ2v) is 4.95. The maximum absolute atomic E-state index is 5.87. The van der Waals surface area contributed by atoms with E-state index >= 15 is 0 Å². The Morgan fingerprint density at radius 3 is 2.79 bits per heavy atom. The van der Waals surface area contributed by atoms with Crippen LogP contribution in [0.15, 0.2) is 11.0 Å². The zero-order valence-electron chi connectivity index (χ0n) is 8.13. The summed E-state index contributed by atoms with van der Waals surface area (Å²) in [7, 11) is 0. The van der Waals surface area contributed by atoms with Crippen LogP contribution in [0, 0.1) is 5.92 Å². The molecule has 5 heteroatoms. The zero-order valence-corrected chi connectivity index (χ0v) is 10.5. The van der Waals surface area contributed by atoms with Crippen molar-refractivity contribution in [2.24, 2.45) is 5.92 Å². The van der Waals surface area contributed by atoms with Crippen LogP contribution in [-0.4, -0.2) is 16.0 Å². The molecule has 0 aliphatic heterocycles. The van der Waals surface area contributed by atoms with Crippen molar-refractivity contribution in [1.82, 2.24) is 10.2 Å². The number of hydrogen-bond acceptors (Lipinski definition) is 3. The van der Waals surface area contributed by atoms with Gasteiger partial charge in [0, 0.05) is 10.6 Å². The van der Waals surface area contributed by atoms with Crippen LogP contribution in [0.1, 0.15) is 20.3 Å². The van der Waals surface area contributed by atoms with Gasteiger partial charge in [0.15, 0.2) is 10.3 Å². The fourth-order valence-corrected chi connectivity index (χ4v) is 2.31. The summed E-state index contributed by atoms with van der Waals surface area (Å²) in [5.41, 5.74) is 0. The maximum atomic E-state index is 5.87. The summed E-state index contributed by atoms with van der Waals surface area (Å²) >= 11 is 13.3. The Hall–Kier alpha value is 0.01000. The summed E-state index contributed by atoms with van der Waals surface area (Å²) in [6, 6.07) is 1.75. The first-order chi connectivity index (χ1) is 6.63. The lowest BCUT2D eigenvalue weighted by molar-refractivity contribution is 0.637. The average Bonchev–Trinajstić information content (AvgIpc) is 2.19. The molecule has 1 unspecified atom stereocenters. The van der Waals surface area contributed by atoms with Gasteiger partial charge in [-0.05, 0) is 12.0 Å². The van der Waals surface area contributed by atoms with Crippen molar-refractivity contribution in [3.05, 3.63) is 16.4 Å². The van der Waals surface area contributed by atoms with Crippen LogP contribution in [-0.2, 0) is 0 Å². The molecule has 0 amide bonds. The van der Waals surface area contributed by atoms with Gasteiger partial charge in [0.1, 0.15) is 0 Å². The monoisotopic (exact) mass is 250 g/mol. The highest BCUT2D eigenvalue weighted by Gasteiger charge is 2.06. The predicted molar refractivity (Wildman–Crippen MR) is 62.2 cm³/mol. The molecule has 0 fully saturated rings. The number of aromatic nitrogens is 2. The van der Waals surface area contributed by atoms with Gasteiger partial charge in [0.05, 0.1) is 0 Å². The minimum atomic E-state index is 0.390. The molecule has 0 aliphatic carbocycles. The molecule has 0 bridgehead atoms. The van der Waals surface area contributed by atoms with E-state index in [4.69, 9.17) is 23.2 Å². The van der Waals surface area contributed by atoms with E-state index in [1.807, 2.05) is 0 Å². The molecular weight excluding hydrogens is 239 g/mol. The van der Waals surface area contributed by atoms with Gasteiger partial charge in [-0.1, -0.05) is 43.5 Å². The van der Waals surface area contributed by atoms with Gasteiger partial charge in [-0.2, -0.15) is 0 Å². The first-order valence-corrected chi connectivity index (χ1v) is 6.19. The van der Waals surface area contributed by atoms with E-state index in [1.54, 1.807) is 17.8 Å². The van der Waals surface area contributed by atoms with Gasteiger partial charge in [0.2, 0.25) is 0 Å². The van der Waals surface area contributed by atoms with Crippen molar-refractivity contribution in [3.8, 4) is 0 Å². The van der Waals surface area contributed by atoms with Gasteiger partial charge in [-0.3, -0.25) is 0 Å². The molecule has 0 saturated heterocycles. The van der Waals surface area contributed by atoms with Crippen LogP contribution in [0.25, 0.3) is 0 Å². The molecule has 1 rings (SSSR count). The third-order valence-corrected chi connectivity index (χ3v) is 3.84. The van der Waals surface area contributed by atoms with Crippen LogP contribution in [0.4, 0.5) is 0 Å². The lowest BCUT2D eigenvalue weighted by Crippen LogP contribution is -1.96. The van der Waals surface area contributed by atoms with E-state index < -0.39 is 0 Å². The third kappa shape index (κ3) is 3.64. The van der Waals surface area contributed by atoms with Crippen molar-refractivity contribution >= 4 is 35.0 Å². The summed E-state index contributed by atoms with van der Waals surface area (Å²) in [5.74, 6) is 1.70. The van der Waals surface area contributed by atoms with Crippen molar-refractivity contribution < 1.29 is 0 Å². The summed E-state index contributed by atoms with van der Waals surface area (Å²) < 4.78 is 0. The number of halogens is 2. The number of rotatable bonds is 4. The summed E-state index contributed by atoms with van der Waals surface area (Å²) in [4.78, 5) is 0.909. The van der Waals surface area contributed by atoms with Crippen molar-refractivity contribution in [2.75, 3.05) is 5.75 Å². The summed E-state index contributed by atoms with van der Waals surface area (Å²) in [6.45, 7) is 4.38. The molecule has 14 heavy (non-hydrogen) atoms. The molecule has 0 aliphatic rings. The van der Waals surface area contributed by atoms with Crippen LogP contribution in [0.3, 0.4) is 0 Å². The normalized spacial score (nSPS) is 12.9. The maximum Gasteiger partial charge on any atom is 0.165 e. The number of nitrogens with zero attached hydrogens (tertiary/aromatic N) is 2. The Bertz CT molecular complexity index is 307. The van der Waals surface area contributed by atoms with Gasteiger partial charge in [-0.25, -0.2) is 0 Å². The minimum Gasteiger partial charge on any atom is -0.137 e. The van der Waals surface area contributed by atoms with Crippen LogP contribution < -0.4 is 0 Å². The van der Waals surface area contributed by atoms with Crippen molar-refractivity contribution in [2.45, 2.75) is 25.2 Å². The largest absolute Gasteiger partial charge is 0.165 e. The summed E-state index contributed by atoms with van der Waals surface area (Å²) in [5, 5.41) is 8.22. The molecule has 1 aromatic heterocycles. The molecular formula is C9H12Cl2N2S. The fraction of sp³-hybridized carbons (Fsp3) is 0.556. The molecule has 0 saturated carbocycles. The van der Waals surface area contributed by atoms with Crippen molar-refractivity contribution in [1.29, 1.82) is 0 Å². The Labute approximate surface area is 98.4 Å². The fourth-order valence-electron chi connectivity index (χ4n) is 0.789. The smallest absolute Gasteiger partial charge is 0.137 e. The van der Waals surface area contributed by atoms with Crippen LogP contribution in [0.2, 0.25) is 10.3 Å². The standard InChI is InChI=1S/C9H12Cl2N2S/c1-3-6(2)5-14-7-4-8(10)12-13-9(7)11/h4,6H,3,5H2,1-2H3. The van der Waals surface area contributed by atoms with E-state index in [9.17, 15) is 0 Å². The minimum absolute atomic E-state index is 0.390. The molecule has 1 aromatic rings. The first kappa shape index (κ1) is 12.1. The molecule has 78 valence electrons. The molecule has 1 heterocycles. The molecule has 2 nitrogen and oxygen atoms in total. The lowest BCUT2D eigenvalue weighted by atomic mass is 10.2. The van der Waals surface area contributed by atoms with Gasteiger partial charge in [-0.15, -0.1) is 22.0 Å². The number of thioether (sulfide) groups is 1. The third-order valence-electron chi connectivity index (χ3n) is 1.91. The van der Waals surface area contributed by atoms with Crippen LogP contribution in [0.5, 0.6) is 0 Å². The highest BCUT2D eigenvalue weighted by Crippen LogP contribution is 2.28. The highest BCUT2D eigenvalue weighted by molar-refractivity contribution is 7.99. The Balaban J connectivity index is 2.62. The Kier molecular flexibility index (Phi) is 4.99. The van der Waals surface area contributed by atoms with Gasteiger partial charge < -0.3 is 0 Å². The molecule has 0 spiro atoms. The van der Waals surface area contributed by atoms with Crippen LogP contribution >= 0.6 is 35.0 Å². The van der Waals surface area contributed by atoms with Crippen molar-refractivity contribution in [3.63, 3.8) is 0 Å². The van der Waals surface area contributed by atoms with E-state index in [2.05, 4.69) is 24.0 Å². The van der Waals surface area contributed by atoms with E-state index in [0.717, 1.165) is 17.1 Å². The first-order valence-electron chi connectivity index (χ1n) is 4.45.